The molecule has 0 radical (unpaired) electrons. The number of carbonyl (C=O) groups is 1. The standard InChI is InChI=1S/C30H36N2O4S/c1-29(2,3)21-16-20(17-22(27(21)33)30(4,5)19-36-26-12-8-9-15-35-26)18-25-28(34)32(14-13-31)23-10-6-7-11-24(23)37-25/h6-7,10-11,16-18,26,33H,8-9,12,14-15,19H2,1-5H3. The fraction of sp³-hybridized carbons (Fsp3) is 0.467. The second-order valence-electron chi connectivity index (χ2n) is 11.3. The van der Waals surface area contributed by atoms with Crippen LogP contribution in [0.25, 0.3) is 6.08 Å². The van der Waals surface area contributed by atoms with Crippen molar-refractivity contribution in [2.75, 3.05) is 24.7 Å². The van der Waals surface area contributed by atoms with E-state index in [1.807, 2.05) is 42.5 Å². The monoisotopic (exact) mass is 520 g/mol. The van der Waals surface area contributed by atoms with Gasteiger partial charge < -0.3 is 14.6 Å². The highest BCUT2D eigenvalue weighted by molar-refractivity contribution is 8.04. The van der Waals surface area contributed by atoms with Gasteiger partial charge in [-0.15, -0.1) is 0 Å². The van der Waals surface area contributed by atoms with Crippen molar-refractivity contribution in [2.45, 2.75) is 75.9 Å². The number of phenolic OH excluding ortho intramolecular Hbond substituents is 1. The second kappa shape index (κ2) is 10.9. The smallest absolute Gasteiger partial charge is 0.266 e. The number of hydrogen-bond acceptors (Lipinski definition) is 6. The number of para-hydroxylation sites is 1. The molecule has 0 aliphatic carbocycles. The summed E-state index contributed by atoms with van der Waals surface area (Å²) >= 11 is 1.41. The lowest BCUT2D eigenvalue weighted by Crippen LogP contribution is -2.34. The molecular weight excluding hydrogens is 484 g/mol. The van der Waals surface area contributed by atoms with Crippen molar-refractivity contribution >= 4 is 29.4 Å². The number of thioether (sulfide) groups is 1. The predicted molar refractivity (Wildman–Crippen MR) is 148 cm³/mol. The Kier molecular flexibility index (Phi) is 8.03. The first-order valence-corrected chi connectivity index (χ1v) is 13.6. The summed E-state index contributed by atoms with van der Waals surface area (Å²) in [7, 11) is 0. The molecule has 2 aliphatic rings. The number of carbonyl (C=O) groups excluding carboxylic acids is 1. The van der Waals surface area contributed by atoms with Crippen LogP contribution >= 0.6 is 11.8 Å². The summed E-state index contributed by atoms with van der Waals surface area (Å²) in [5.74, 6) is 0.0566. The number of anilines is 1. The highest BCUT2D eigenvalue weighted by Crippen LogP contribution is 2.44. The fourth-order valence-electron chi connectivity index (χ4n) is 4.69. The minimum absolute atomic E-state index is 0.0184. The first-order chi connectivity index (χ1) is 17.5. The lowest BCUT2D eigenvalue weighted by atomic mass is 9.77. The van der Waals surface area contributed by atoms with Crippen LogP contribution in [0.4, 0.5) is 5.69 Å². The summed E-state index contributed by atoms with van der Waals surface area (Å²) in [5, 5.41) is 20.7. The molecule has 0 spiro atoms. The Hall–Kier alpha value is -2.79. The van der Waals surface area contributed by atoms with Crippen molar-refractivity contribution in [1.29, 1.82) is 5.26 Å². The number of phenols is 1. The molecule has 1 N–H and O–H groups in total. The Bertz CT molecular complexity index is 1230. The van der Waals surface area contributed by atoms with Crippen molar-refractivity contribution in [2.24, 2.45) is 0 Å². The molecule has 37 heavy (non-hydrogen) atoms. The lowest BCUT2D eigenvalue weighted by molar-refractivity contribution is -0.170. The zero-order valence-corrected chi connectivity index (χ0v) is 23.2. The number of ether oxygens (including phenoxy) is 2. The molecule has 196 valence electrons. The average molecular weight is 521 g/mol. The van der Waals surface area contributed by atoms with Crippen LogP contribution in [0, 0.1) is 11.3 Å². The largest absolute Gasteiger partial charge is 0.507 e. The molecule has 1 atom stereocenters. The molecule has 0 saturated carbocycles. The number of benzene rings is 2. The summed E-state index contributed by atoms with van der Waals surface area (Å²) in [6.45, 7) is 11.4. The van der Waals surface area contributed by atoms with Gasteiger partial charge in [0, 0.05) is 28.0 Å². The zero-order valence-electron chi connectivity index (χ0n) is 22.3. The van der Waals surface area contributed by atoms with E-state index in [-0.39, 0.29) is 29.9 Å². The van der Waals surface area contributed by atoms with Gasteiger partial charge in [-0.3, -0.25) is 9.69 Å². The number of nitrogens with zero attached hydrogens (tertiary/aromatic N) is 2. The van der Waals surface area contributed by atoms with Gasteiger partial charge in [-0.2, -0.15) is 5.26 Å². The number of aromatic hydroxyl groups is 1. The first kappa shape index (κ1) is 27.3. The molecule has 2 heterocycles. The van der Waals surface area contributed by atoms with E-state index in [0.29, 0.717) is 18.1 Å². The third-order valence-electron chi connectivity index (χ3n) is 6.80. The molecule has 2 aromatic rings. The maximum atomic E-state index is 13.4. The Labute approximate surface area is 224 Å². The molecule has 7 heteroatoms. The van der Waals surface area contributed by atoms with Crippen molar-refractivity contribution in [3.05, 3.63) is 58.0 Å². The van der Waals surface area contributed by atoms with Crippen molar-refractivity contribution in [1.82, 2.24) is 0 Å². The van der Waals surface area contributed by atoms with Crippen LogP contribution in [-0.4, -0.2) is 37.1 Å². The summed E-state index contributed by atoms with van der Waals surface area (Å²) in [6.07, 6.45) is 4.67. The third-order valence-corrected chi connectivity index (χ3v) is 7.87. The van der Waals surface area contributed by atoms with Crippen LogP contribution in [-0.2, 0) is 25.1 Å². The van der Waals surface area contributed by atoms with Crippen LogP contribution in [0.5, 0.6) is 5.75 Å². The molecule has 2 aromatic carbocycles. The van der Waals surface area contributed by atoms with Crippen LogP contribution < -0.4 is 4.90 Å². The van der Waals surface area contributed by atoms with E-state index in [1.54, 1.807) is 0 Å². The Morgan fingerprint density at radius 1 is 1.19 bits per heavy atom. The van der Waals surface area contributed by atoms with E-state index in [1.165, 1.54) is 16.7 Å². The van der Waals surface area contributed by atoms with Gasteiger partial charge in [0.05, 0.1) is 23.3 Å². The van der Waals surface area contributed by atoms with Crippen molar-refractivity contribution in [3.63, 3.8) is 0 Å². The first-order valence-electron chi connectivity index (χ1n) is 12.8. The third kappa shape index (κ3) is 6.04. The van der Waals surface area contributed by atoms with E-state index in [0.717, 1.165) is 46.5 Å². The van der Waals surface area contributed by atoms with Gasteiger partial charge in [0.1, 0.15) is 12.3 Å². The van der Waals surface area contributed by atoms with Crippen molar-refractivity contribution < 1.29 is 19.4 Å². The summed E-state index contributed by atoms with van der Waals surface area (Å²) < 4.78 is 11.9. The highest BCUT2D eigenvalue weighted by atomic mass is 32.2. The molecule has 0 bridgehead atoms. The maximum absolute atomic E-state index is 13.4. The van der Waals surface area contributed by atoms with Gasteiger partial charge in [-0.25, -0.2) is 0 Å². The van der Waals surface area contributed by atoms with E-state index in [9.17, 15) is 15.2 Å². The zero-order chi connectivity index (χ0) is 26.8. The van der Waals surface area contributed by atoms with Gasteiger partial charge in [-0.05, 0) is 60.6 Å². The second-order valence-corrected chi connectivity index (χ2v) is 12.4. The fourth-order valence-corrected chi connectivity index (χ4v) is 5.75. The molecular formula is C30H36N2O4S. The quantitative estimate of drug-likeness (QED) is 0.345. The number of amides is 1. The van der Waals surface area contributed by atoms with Gasteiger partial charge >= 0.3 is 0 Å². The number of hydrogen-bond donors (Lipinski definition) is 1. The van der Waals surface area contributed by atoms with E-state index in [4.69, 9.17) is 9.47 Å². The molecule has 1 unspecified atom stereocenters. The molecule has 6 nitrogen and oxygen atoms in total. The van der Waals surface area contributed by atoms with E-state index >= 15 is 0 Å². The molecule has 0 aromatic heterocycles. The number of rotatable bonds is 6. The Morgan fingerprint density at radius 2 is 1.92 bits per heavy atom. The average Bonchev–Trinajstić information content (AvgIpc) is 2.86. The maximum Gasteiger partial charge on any atom is 0.266 e. The van der Waals surface area contributed by atoms with Gasteiger partial charge in [-0.1, -0.05) is 58.5 Å². The molecule has 1 amide bonds. The van der Waals surface area contributed by atoms with Gasteiger partial charge in [0.15, 0.2) is 6.29 Å². The predicted octanol–water partition coefficient (Wildman–Crippen LogP) is 6.51. The summed E-state index contributed by atoms with van der Waals surface area (Å²) in [4.78, 5) is 16.4. The van der Waals surface area contributed by atoms with Crippen LogP contribution in [0.1, 0.15) is 70.6 Å². The highest BCUT2D eigenvalue weighted by Gasteiger charge is 2.32. The van der Waals surface area contributed by atoms with E-state index in [2.05, 4.69) is 40.7 Å². The lowest BCUT2D eigenvalue weighted by Gasteiger charge is -2.32. The van der Waals surface area contributed by atoms with Crippen LogP contribution in [0.15, 0.2) is 46.2 Å². The molecule has 4 rings (SSSR count). The molecule has 1 fully saturated rings. The van der Waals surface area contributed by atoms with Crippen LogP contribution in [0.2, 0.25) is 0 Å². The van der Waals surface area contributed by atoms with Crippen molar-refractivity contribution in [3.8, 4) is 11.8 Å². The SMILES string of the molecule is CC(C)(C)c1cc(C=C2Sc3ccccc3N(CC#N)C2=O)cc(C(C)(C)COC2CCCCO2)c1O. The Morgan fingerprint density at radius 3 is 2.59 bits per heavy atom. The topological polar surface area (TPSA) is 82.8 Å². The molecule has 1 saturated heterocycles. The Balaban J connectivity index is 1.74. The summed E-state index contributed by atoms with van der Waals surface area (Å²) in [6, 6.07) is 13.6. The molecule has 2 aliphatic heterocycles. The number of nitriles is 1. The number of fused-ring (bicyclic) bond motifs is 1. The minimum Gasteiger partial charge on any atom is -0.507 e. The van der Waals surface area contributed by atoms with Gasteiger partial charge in [0.2, 0.25) is 0 Å². The van der Waals surface area contributed by atoms with Crippen LogP contribution in [0.3, 0.4) is 0 Å². The summed E-state index contributed by atoms with van der Waals surface area (Å²) in [5.41, 5.74) is 2.34. The van der Waals surface area contributed by atoms with Gasteiger partial charge in [0.25, 0.3) is 5.91 Å². The minimum atomic E-state index is -0.497. The normalized spacial score (nSPS) is 19.6. The van der Waals surface area contributed by atoms with E-state index < -0.39 is 5.41 Å².